The largest absolute Gasteiger partial charge is 0.453 e. The van der Waals surface area contributed by atoms with E-state index in [1.165, 1.54) is 14.0 Å². The van der Waals surface area contributed by atoms with E-state index >= 15 is 0 Å². The summed E-state index contributed by atoms with van der Waals surface area (Å²) in [6.45, 7) is 2.81. The number of ether oxygens (including phenoxy) is 1. The third-order valence-electron chi connectivity index (χ3n) is 2.34. The van der Waals surface area contributed by atoms with Crippen molar-refractivity contribution in [3.05, 3.63) is 0 Å². The molecule has 1 N–H and O–H groups in total. The number of carbonyl (C=O) groups is 2. The Labute approximate surface area is 83.4 Å². The Hall–Kier alpha value is -1.26. The molecule has 1 aliphatic rings. The van der Waals surface area contributed by atoms with Crippen molar-refractivity contribution in [3.63, 3.8) is 0 Å². The minimum atomic E-state index is -0.286. The van der Waals surface area contributed by atoms with Crippen LogP contribution in [-0.2, 0) is 9.53 Å². The lowest BCUT2D eigenvalue weighted by Crippen LogP contribution is -2.46. The summed E-state index contributed by atoms with van der Waals surface area (Å²) in [6.07, 6.45) is 1.31. The Morgan fingerprint density at radius 2 is 1.93 bits per heavy atom. The first-order valence-corrected chi connectivity index (χ1v) is 4.73. The van der Waals surface area contributed by atoms with Gasteiger partial charge in [-0.2, -0.15) is 0 Å². The van der Waals surface area contributed by atoms with E-state index in [0.29, 0.717) is 13.1 Å². The molecule has 1 aliphatic heterocycles. The van der Waals surface area contributed by atoms with Crippen LogP contribution in [0.5, 0.6) is 0 Å². The van der Waals surface area contributed by atoms with Gasteiger partial charge < -0.3 is 15.0 Å². The summed E-state index contributed by atoms with van der Waals surface area (Å²) in [5.41, 5.74) is 0. The van der Waals surface area contributed by atoms with Crippen LogP contribution >= 0.6 is 0 Å². The summed E-state index contributed by atoms with van der Waals surface area (Å²) in [6, 6.07) is 0.202. The number of piperidine rings is 1. The van der Waals surface area contributed by atoms with E-state index in [1.54, 1.807) is 4.90 Å². The summed E-state index contributed by atoms with van der Waals surface area (Å²) in [4.78, 5) is 23.5. The van der Waals surface area contributed by atoms with Crippen molar-refractivity contribution < 1.29 is 14.3 Å². The molecule has 0 aromatic rings. The molecule has 2 amide bonds. The van der Waals surface area contributed by atoms with Crippen LogP contribution in [0.15, 0.2) is 0 Å². The second kappa shape index (κ2) is 4.83. The molecule has 1 fully saturated rings. The van der Waals surface area contributed by atoms with Gasteiger partial charge >= 0.3 is 6.09 Å². The lowest BCUT2D eigenvalue weighted by molar-refractivity contribution is -0.119. The van der Waals surface area contributed by atoms with Crippen molar-refractivity contribution in [2.45, 2.75) is 25.8 Å². The van der Waals surface area contributed by atoms with Gasteiger partial charge in [0.15, 0.2) is 0 Å². The van der Waals surface area contributed by atoms with Gasteiger partial charge in [0.1, 0.15) is 0 Å². The number of rotatable bonds is 1. The van der Waals surface area contributed by atoms with Crippen molar-refractivity contribution in [3.8, 4) is 0 Å². The number of likely N-dealkylation sites (tertiary alicyclic amines) is 1. The van der Waals surface area contributed by atoms with Gasteiger partial charge in [-0.25, -0.2) is 4.79 Å². The van der Waals surface area contributed by atoms with E-state index in [9.17, 15) is 9.59 Å². The fourth-order valence-electron chi connectivity index (χ4n) is 1.62. The number of amides is 2. The van der Waals surface area contributed by atoms with Gasteiger partial charge in [-0.3, -0.25) is 4.79 Å². The predicted molar refractivity (Wildman–Crippen MR) is 50.8 cm³/mol. The topological polar surface area (TPSA) is 58.6 Å². The first-order chi connectivity index (χ1) is 6.63. The van der Waals surface area contributed by atoms with Crippen LogP contribution in [0.25, 0.3) is 0 Å². The zero-order valence-electron chi connectivity index (χ0n) is 8.58. The quantitative estimate of drug-likeness (QED) is 0.664. The van der Waals surface area contributed by atoms with Crippen molar-refractivity contribution in [2.24, 2.45) is 0 Å². The number of nitrogens with one attached hydrogen (secondary N) is 1. The highest BCUT2D eigenvalue weighted by molar-refractivity contribution is 5.73. The molecule has 0 aliphatic carbocycles. The van der Waals surface area contributed by atoms with E-state index in [4.69, 9.17) is 0 Å². The van der Waals surface area contributed by atoms with Crippen LogP contribution in [0, 0.1) is 0 Å². The second-order valence-corrected chi connectivity index (χ2v) is 3.43. The fraction of sp³-hybridized carbons (Fsp3) is 0.778. The first kappa shape index (κ1) is 10.8. The summed E-state index contributed by atoms with van der Waals surface area (Å²) in [7, 11) is 1.38. The summed E-state index contributed by atoms with van der Waals surface area (Å²) in [5.74, 6) is -0.0125. The van der Waals surface area contributed by atoms with E-state index in [2.05, 4.69) is 10.1 Å². The van der Waals surface area contributed by atoms with Gasteiger partial charge in [0.25, 0.3) is 0 Å². The van der Waals surface area contributed by atoms with Crippen LogP contribution in [0.3, 0.4) is 0 Å². The Balaban J connectivity index is 2.31. The third-order valence-corrected chi connectivity index (χ3v) is 2.34. The second-order valence-electron chi connectivity index (χ2n) is 3.43. The molecule has 0 radical (unpaired) electrons. The maximum Gasteiger partial charge on any atom is 0.409 e. The van der Waals surface area contributed by atoms with Crippen LogP contribution in [-0.4, -0.2) is 43.1 Å². The average Bonchev–Trinajstić information content (AvgIpc) is 2.17. The van der Waals surface area contributed by atoms with E-state index in [1.807, 2.05) is 0 Å². The summed E-state index contributed by atoms with van der Waals surface area (Å²) in [5, 5.41) is 2.84. The van der Waals surface area contributed by atoms with E-state index in [-0.39, 0.29) is 18.0 Å². The molecule has 0 aromatic carbocycles. The van der Waals surface area contributed by atoms with Gasteiger partial charge in [-0.15, -0.1) is 0 Å². The molecule has 0 saturated carbocycles. The molecule has 0 unspecified atom stereocenters. The molecule has 0 spiro atoms. The van der Waals surface area contributed by atoms with Crippen molar-refractivity contribution in [1.82, 2.24) is 10.2 Å². The molecule has 0 atom stereocenters. The van der Waals surface area contributed by atoms with E-state index in [0.717, 1.165) is 12.8 Å². The number of nitrogens with zero attached hydrogens (tertiary/aromatic N) is 1. The third kappa shape index (κ3) is 2.90. The smallest absolute Gasteiger partial charge is 0.409 e. The lowest BCUT2D eigenvalue weighted by atomic mass is 10.1. The Kier molecular flexibility index (Phi) is 3.73. The normalized spacial score (nSPS) is 17.7. The van der Waals surface area contributed by atoms with Crippen LogP contribution in [0.4, 0.5) is 4.79 Å². The number of hydrogen-bond acceptors (Lipinski definition) is 3. The van der Waals surface area contributed by atoms with Crippen molar-refractivity contribution in [2.75, 3.05) is 20.2 Å². The predicted octanol–water partition coefficient (Wildman–Crippen LogP) is 0.353. The van der Waals surface area contributed by atoms with Gasteiger partial charge in [-0.1, -0.05) is 0 Å². The highest BCUT2D eigenvalue weighted by atomic mass is 16.5. The standard InChI is InChI=1S/C9H16N2O3/c1-7(12)10-8-3-5-11(6-4-8)9(13)14-2/h8H,3-6H2,1-2H3,(H,10,12). The van der Waals surface area contributed by atoms with Crippen LogP contribution in [0.1, 0.15) is 19.8 Å². The molecule has 0 bridgehead atoms. The molecule has 5 heteroatoms. The maximum absolute atomic E-state index is 11.1. The first-order valence-electron chi connectivity index (χ1n) is 4.73. The molecule has 1 heterocycles. The number of carbonyl (C=O) groups excluding carboxylic acids is 2. The zero-order valence-corrected chi connectivity index (χ0v) is 8.58. The van der Waals surface area contributed by atoms with Gasteiger partial charge in [-0.05, 0) is 12.8 Å². The monoisotopic (exact) mass is 200 g/mol. The minimum Gasteiger partial charge on any atom is -0.453 e. The zero-order chi connectivity index (χ0) is 10.6. The lowest BCUT2D eigenvalue weighted by Gasteiger charge is -2.31. The van der Waals surface area contributed by atoms with Crippen molar-refractivity contribution >= 4 is 12.0 Å². The molecular formula is C9H16N2O3. The highest BCUT2D eigenvalue weighted by Crippen LogP contribution is 2.10. The SMILES string of the molecule is COC(=O)N1CCC(NC(C)=O)CC1. The maximum atomic E-state index is 11.1. The Bertz CT molecular complexity index is 222. The minimum absolute atomic E-state index is 0.0125. The average molecular weight is 200 g/mol. The number of methoxy groups -OCH3 is 1. The molecule has 14 heavy (non-hydrogen) atoms. The van der Waals surface area contributed by atoms with E-state index < -0.39 is 0 Å². The Morgan fingerprint density at radius 3 is 2.36 bits per heavy atom. The summed E-state index contributed by atoms with van der Waals surface area (Å²) >= 11 is 0. The fourth-order valence-corrected chi connectivity index (χ4v) is 1.62. The van der Waals surface area contributed by atoms with Crippen LogP contribution < -0.4 is 5.32 Å². The van der Waals surface area contributed by atoms with Crippen LogP contribution in [0.2, 0.25) is 0 Å². The molecule has 5 nitrogen and oxygen atoms in total. The van der Waals surface area contributed by atoms with Crippen molar-refractivity contribution in [1.29, 1.82) is 0 Å². The van der Waals surface area contributed by atoms with Gasteiger partial charge in [0, 0.05) is 26.1 Å². The Morgan fingerprint density at radius 1 is 1.36 bits per heavy atom. The molecule has 1 rings (SSSR count). The molecule has 0 aromatic heterocycles. The highest BCUT2D eigenvalue weighted by Gasteiger charge is 2.23. The molecule has 80 valence electrons. The summed E-state index contributed by atoms with van der Waals surface area (Å²) < 4.78 is 4.61. The van der Waals surface area contributed by atoms with Gasteiger partial charge in [0.05, 0.1) is 7.11 Å². The molecular weight excluding hydrogens is 184 g/mol. The number of hydrogen-bond donors (Lipinski definition) is 1. The van der Waals surface area contributed by atoms with Gasteiger partial charge in [0.2, 0.25) is 5.91 Å². The molecule has 1 saturated heterocycles.